The van der Waals surface area contributed by atoms with Gasteiger partial charge in [0, 0.05) is 26.2 Å². The molecule has 0 aromatic carbocycles. The lowest BCUT2D eigenvalue weighted by Gasteiger charge is -2.33. The van der Waals surface area contributed by atoms with Gasteiger partial charge in [-0.15, -0.1) is 0 Å². The third kappa shape index (κ3) is 5.43. The van der Waals surface area contributed by atoms with Crippen molar-refractivity contribution in [2.45, 2.75) is 58.5 Å². The van der Waals surface area contributed by atoms with Gasteiger partial charge in [0.05, 0.1) is 0 Å². The molecule has 22 heavy (non-hydrogen) atoms. The minimum Gasteiger partial charge on any atom is -0.444 e. The average Bonchev–Trinajstić information content (AvgIpc) is 3.18. The van der Waals surface area contributed by atoms with Crippen molar-refractivity contribution in [3.8, 4) is 0 Å². The van der Waals surface area contributed by atoms with Crippen LogP contribution in [0.1, 0.15) is 52.9 Å². The number of hydrogen-bond donors (Lipinski definition) is 2. The third-order valence-electron chi connectivity index (χ3n) is 4.80. The van der Waals surface area contributed by atoms with E-state index >= 15 is 0 Å². The molecule has 128 valence electrons. The van der Waals surface area contributed by atoms with Crippen LogP contribution in [0.5, 0.6) is 0 Å². The molecule has 5 nitrogen and oxygen atoms in total. The highest BCUT2D eigenvalue weighted by Gasteiger charge is 2.41. The highest BCUT2D eigenvalue weighted by Crippen LogP contribution is 2.47. The summed E-state index contributed by atoms with van der Waals surface area (Å²) in [5.74, 6) is 0.642. The van der Waals surface area contributed by atoms with Crippen LogP contribution in [0.4, 0.5) is 4.79 Å². The lowest BCUT2D eigenvalue weighted by molar-refractivity contribution is 0.0184. The van der Waals surface area contributed by atoms with Crippen molar-refractivity contribution < 1.29 is 14.6 Å². The largest absolute Gasteiger partial charge is 0.444 e. The van der Waals surface area contributed by atoms with Crippen molar-refractivity contribution >= 4 is 6.09 Å². The fraction of sp³-hybridized carbons (Fsp3) is 0.941. The molecule has 2 N–H and O–H groups in total. The second-order valence-electron chi connectivity index (χ2n) is 8.02. The minimum atomic E-state index is -0.416. The maximum absolute atomic E-state index is 12.0. The predicted molar refractivity (Wildman–Crippen MR) is 86.8 cm³/mol. The third-order valence-corrected chi connectivity index (χ3v) is 4.80. The molecule has 0 atom stereocenters. The zero-order valence-electron chi connectivity index (χ0n) is 14.4. The smallest absolute Gasteiger partial charge is 0.410 e. The van der Waals surface area contributed by atoms with E-state index in [2.05, 4.69) is 5.32 Å². The van der Waals surface area contributed by atoms with Gasteiger partial charge in [0.1, 0.15) is 5.60 Å². The van der Waals surface area contributed by atoms with Gasteiger partial charge in [0.25, 0.3) is 0 Å². The summed E-state index contributed by atoms with van der Waals surface area (Å²) >= 11 is 0. The number of ether oxygens (including phenoxy) is 1. The Bertz CT molecular complexity index is 367. The van der Waals surface area contributed by atoms with Crippen molar-refractivity contribution in [2.24, 2.45) is 11.3 Å². The van der Waals surface area contributed by atoms with Crippen LogP contribution in [-0.2, 0) is 4.74 Å². The topological polar surface area (TPSA) is 61.8 Å². The molecule has 0 aromatic heterocycles. The first-order chi connectivity index (χ1) is 10.3. The molecule has 0 bridgehead atoms. The molecule has 5 heteroatoms. The molecule has 0 unspecified atom stereocenters. The summed E-state index contributed by atoms with van der Waals surface area (Å²) in [5, 5.41) is 12.7. The first-order valence-corrected chi connectivity index (χ1v) is 8.63. The number of hydrogen-bond acceptors (Lipinski definition) is 4. The number of amides is 1. The number of likely N-dealkylation sites (tertiary alicyclic amines) is 1. The zero-order valence-corrected chi connectivity index (χ0v) is 14.4. The second-order valence-corrected chi connectivity index (χ2v) is 8.02. The molecule has 1 aliphatic carbocycles. The molecule has 2 fully saturated rings. The van der Waals surface area contributed by atoms with Crippen LogP contribution in [0, 0.1) is 11.3 Å². The molecule has 0 spiro atoms. The molecule has 1 amide bonds. The Labute approximate surface area is 134 Å². The quantitative estimate of drug-likeness (QED) is 0.790. The standard InChI is InChI=1S/C17H32N2O3/c1-16(2,3)22-15(21)19-9-4-14(5-10-19)12-18-13-17(6-7-17)8-11-20/h14,18,20H,4-13H2,1-3H3. The Morgan fingerprint density at radius 2 is 1.95 bits per heavy atom. The summed E-state index contributed by atoms with van der Waals surface area (Å²) in [6, 6.07) is 0. The monoisotopic (exact) mass is 312 g/mol. The van der Waals surface area contributed by atoms with Gasteiger partial charge < -0.3 is 20.1 Å². The van der Waals surface area contributed by atoms with E-state index in [1.165, 1.54) is 12.8 Å². The molecule has 2 rings (SSSR count). The lowest BCUT2D eigenvalue weighted by atomic mass is 9.96. The number of aliphatic hydroxyl groups excluding tert-OH is 1. The predicted octanol–water partition coefficient (Wildman–Crippen LogP) is 2.39. The number of nitrogens with one attached hydrogen (secondary N) is 1. The van der Waals surface area contributed by atoms with Crippen LogP contribution >= 0.6 is 0 Å². The van der Waals surface area contributed by atoms with Crippen LogP contribution in [0.25, 0.3) is 0 Å². The van der Waals surface area contributed by atoms with Crippen LogP contribution in [-0.4, -0.2) is 54.5 Å². The van der Waals surface area contributed by atoms with Gasteiger partial charge in [0.15, 0.2) is 0 Å². The Morgan fingerprint density at radius 1 is 1.32 bits per heavy atom. The van der Waals surface area contributed by atoms with Crippen LogP contribution < -0.4 is 5.32 Å². The maximum Gasteiger partial charge on any atom is 0.410 e. The van der Waals surface area contributed by atoms with Crippen LogP contribution in [0.15, 0.2) is 0 Å². The normalized spacial score (nSPS) is 21.7. The summed E-state index contributed by atoms with van der Waals surface area (Å²) in [5.41, 5.74) is -0.0350. The van der Waals surface area contributed by atoms with Gasteiger partial charge in [-0.3, -0.25) is 0 Å². The molecule has 1 saturated heterocycles. The van der Waals surface area contributed by atoms with Gasteiger partial charge in [-0.25, -0.2) is 4.79 Å². The van der Waals surface area contributed by atoms with E-state index in [1.807, 2.05) is 25.7 Å². The van der Waals surface area contributed by atoms with Crippen molar-refractivity contribution in [3.63, 3.8) is 0 Å². The molecule has 1 heterocycles. The number of piperidine rings is 1. The SMILES string of the molecule is CC(C)(C)OC(=O)N1CCC(CNCC2(CCO)CC2)CC1. The number of aliphatic hydroxyl groups is 1. The molecular weight excluding hydrogens is 280 g/mol. The molecular formula is C17H32N2O3. The summed E-state index contributed by atoms with van der Waals surface area (Å²) < 4.78 is 5.42. The van der Waals surface area contributed by atoms with Crippen molar-refractivity contribution in [1.29, 1.82) is 0 Å². The maximum atomic E-state index is 12.0. The first-order valence-electron chi connectivity index (χ1n) is 8.63. The van der Waals surface area contributed by atoms with Crippen molar-refractivity contribution in [2.75, 3.05) is 32.8 Å². The highest BCUT2D eigenvalue weighted by atomic mass is 16.6. The number of nitrogens with zero attached hydrogens (tertiary/aromatic N) is 1. The number of rotatable bonds is 6. The summed E-state index contributed by atoms with van der Waals surface area (Å²) in [6.45, 7) is 9.65. The zero-order chi connectivity index (χ0) is 16.2. The Morgan fingerprint density at radius 3 is 2.45 bits per heavy atom. The van der Waals surface area contributed by atoms with E-state index in [9.17, 15) is 4.79 Å². The van der Waals surface area contributed by atoms with Gasteiger partial charge in [0.2, 0.25) is 0 Å². The van der Waals surface area contributed by atoms with Crippen LogP contribution in [0.2, 0.25) is 0 Å². The fourth-order valence-electron chi connectivity index (χ4n) is 3.12. The average molecular weight is 312 g/mol. The molecule has 0 radical (unpaired) electrons. The lowest BCUT2D eigenvalue weighted by Crippen LogP contribution is -2.43. The van der Waals surface area contributed by atoms with E-state index in [0.29, 0.717) is 17.9 Å². The molecule has 2 aliphatic rings. The van der Waals surface area contributed by atoms with Crippen molar-refractivity contribution in [3.05, 3.63) is 0 Å². The van der Waals surface area contributed by atoms with E-state index in [4.69, 9.17) is 9.84 Å². The molecule has 1 aliphatic heterocycles. The van der Waals surface area contributed by atoms with E-state index in [1.54, 1.807) is 0 Å². The summed E-state index contributed by atoms with van der Waals surface area (Å²) in [4.78, 5) is 13.8. The van der Waals surface area contributed by atoms with E-state index < -0.39 is 5.60 Å². The second kappa shape index (κ2) is 7.18. The Hall–Kier alpha value is -0.810. The van der Waals surface area contributed by atoms with Crippen LogP contribution in [0.3, 0.4) is 0 Å². The number of carbonyl (C=O) groups is 1. The molecule has 1 saturated carbocycles. The van der Waals surface area contributed by atoms with E-state index in [0.717, 1.165) is 45.4 Å². The highest BCUT2D eigenvalue weighted by molar-refractivity contribution is 5.68. The number of carbonyl (C=O) groups excluding carboxylic acids is 1. The summed E-state index contributed by atoms with van der Waals surface area (Å²) in [6.07, 6.45) is 5.32. The Kier molecular flexibility index (Phi) is 5.72. The Balaban J connectivity index is 1.62. The van der Waals surface area contributed by atoms with Gasteiger partial charge in [-0.05, 0) is 70.8 Å². The van der Waals surface area contributed by atoms with Gasteiger partial charge >= 0.3 is 6.09 Å². The fourth-order valence-corrected chi connectivity index (χ4v) is 3.12. The van der Waals surface area contributed by atoms with E-state index in [-0.39, 0.29) is 6.09 Å². The van der Waals surface area contributed by atoms with Crippen molar-refractivity contribution in [1.82, 2.24) is 10.2 Å². The minimum absolute atomic E-state index is 0.182. The van der Waals surface area contributed by atoms with Gasteiger partial charge in [-0.2, -0.15) is 0 Å². The molecule has 0 aromatic rings. The van der Waals surface area contributed by atoms with Gasteiger partial charge in [-0.1, -0.05) is 0 Å². The summed E-state index contributed by atoms with van der Waals surface area (Å²) in [7, 11) is 0. The first kappa shape index (κ1) is 17.5.